The number of benzene rings is 1. The van der Waals surface area contributed by atoms with Gasteiger partial charge in [-0.05, 0) is 24.6 Å². The summed E-state index contributed by atoms with van der Waals surface area (Å²) in [6.07, 6.45) is -4.72. The number of hydrogen-bond donors (Lipinski definition) is 2. The summed E-state index contributed by atoms with van der Waals surface area (Å²) in [6, 6.07) is 1.36. The Kier molecular flexibility index (Phi) is 4.50. The fourth-order valence-electron chi connectivity index (χ4n) is 2.50. The molecule has 1 heterocycles. The fourth-order valence-corrected chi connectivity index (χ4v) is 2.50. The molecule has 1 amide bonds. The van der Waals surface area contributed by atoms with Crippen molar-refractivity contribution < 1.29 is 27.2 Å². The first kappa shape index (κ1) is 16.4. The lowest BCUT2D eigenvalue weighted by Gasteiger charge is -2.15. The van der Waals surface area contributed by atoms with E-state index in [-0.39, 0.29) is 18.9 Å². The Labute approximate surface area is 123 Å². The molecule has 0 spiro atoms. The van der Waals surface area contributed by atoms with Gasteiger partial charge < -0.3 is 10.6 Å². The van der Waals surface area contributed by atoms with Crippen molar-refractivity contribution in [2.75, 3.05) is 13.6 Å². The van der Waals surface area contributed by atoms with Crippen LogP contribution in [0.15, 0.2) is 18.2 Å². The zero-order valence-electron chi connectivity index (χ0n) is 11.6. The zero-order valence-corrected chi connectivity index (χ0v) is 11.6. The van der Waals surface area contributed by atoms with Crippen molar-refractivity contribution in [1.29, 1.82) is 0 Å². The van der Waals surface area contributed by atoms with Crippen molar-refractivity contribution >= 4 is 11.7 Å². The van der Waals surface area contributed by atoms with Crippen LogP contribution in [0.2, 0.25) is 0 Å². The lowest BCUT2D eigenvalue weighted by molar-refractivity contribution is -0.138. The number of amides is 1. The van der Waals surface area contributed by atoms with Gasteiger partial charge in [0.1, 0.15) is 5.82 Å². The maximum atomic E-state index is 13.1. The van der Waals surface area contributed by atoms with E-state index in [1.54, 1.807) is 0 Å². The number of halogens is 4. The summed E-state index contributed by atoms with van der Waals surface area (Å²) in [4.78, 5) is 23.8. The molecule has 0 aliphatic carbocycles. The van der Waals surface area contributed by atoms with E-state index in [1.807, 2.05) is 0 Å². The monoisotopic (exact) mass is 318 g/mol. The molecule has 4 nitrogen and oxygen atoms in total. The summed E-state index contributed by atoms with van der Waals surface area (Å²) in [7, 11) is 1.43. The van der Waals surface area contributed by atoms with E-state index in [1.165, 1.54) is 7.05 Å². The van der Waals surface area contributed by atoms with Crippen molar-refractivity contribution in [3.8, 4) is 0 Å². The van der Waals surface area contributed by atoms with E-state index >= 15 is 0 Å². The second-order valence-electron chi connectivity index (χ2n) is 5.06. The minimum absolute atomic E-state index is 0.103. The smallest absolute Gasteiger partial charge is 0.358 e. The normalized spacial score (nSPS) is 21.7. The molecule has 1 aromatic carbocycles. The first-order valence-corrected chi connectivity index (χ1v) is 6.60. The molecular formula is C14H14F4N2O2. The second-order valence-corrected chi connectivity index (χ2v) is 5.06. The molecule has 1 fully saturated rings. The fraction of sp³-hybridized carbons (Fsp3) is 0.429. The van der Waals surface area contributed by atoms with Gasteiger partial charge in [0.15, 0.2) is 5.78 Å². The van der Waals surface area contributed by atoms with Crippen LogP contribution in [-0.4, -0.2) is 31.3 Å². The van der Waals surface area contributed by atoms with Crippen LogP contribution in [0.4, 0.5) is 17.6 Å². The number of nitrogens with one attached hydrogen (secondary N) is 2. The SMILES string of the molecule is CNC(=O)C1CC(C(=O)c2ccc(F)cc2C(F)(F)F)CN1. The van der Waals surface area contributed by atoms with Gasteiger partial charge in [-0.25, -0.2) is 4.39 Å². The van der Waals surface area contributed by atoms with Crippen molar-refractivity contribution in [3.63, 3.8) is 0 Å². The van der Waals surface area contributed by atoms with Crippen LogP contribution in [0.1, 0.15) is 22.3 Å². The Morgan fingerprint density at radius 2 is 2.00 bits per heavy atom. The van der Waals surface area contributed by atoms with Crippen molar-refractivity contribution in [3.05, 3.63) is 35.1 Å². The van der Waals surface area contributed by atoms with E-state index in [4.69, 9.17) is 0 Å². The highest BCUT2D eigenvalue weighted by Gasteiger charge is 2.39. The van der Waals surface area contributed by atoms with Crippen LogP contribution in [0, 0.1) is 11.7 Å². The number of alkyl halides is 3. The number of carbonyl (C=O) groups excluding carboxylic acids is 2. The number of ketones is 1. The quantitative estimate of drug-likeness (QED) is 0.659. The van der Waals surface area contributed by atoms with Crippen LogP contribution in [0.25, 0.3) is 0 Å². The zero-order chi connectivity index (χ0) is 16.5. The molecular weight excluding hydrogens is 304 g/mol. The van der Waals surface area contributed by atoms with Gasteiger partial charge in [0, 0.05) is 25.1 Å². The lowest BCUT2D eigenvalue weighted by Crippen LogP contribution is -2.38. The highest BCUT2D eigenvalue weighted by atomic mass is 19.4. The molecule has 22 heavy (non-hydrogen) atoms. The van der Waals surface area contributed by atoms with E-state index in [0.717, 1.165) is 12.1 Å². The van der Waals surface area contributed by atoms with Crippen LogP contribution in [0.3, 0.4) is 0 Å². The molecule has 0 bridgehead atoms. The molecule has 1 aliphatic rings. The third-order valence-electron chi connectivity index (χ3n) is 3.62. The number of carbonyl (C=O) groups is 2. The summed E-state index contributed by atoms with van der Waals surface area (Å²) in [5, 5.41) is 5.20. The highest BCUT2D eigenvalue weighted by molar-refractivity contribution is 6.00. The maximum absolute atomic E-state index is 13.1. The molecule has 0 saturated carbocycles. The Balaban J connectivity index is 2.26. The summed E-state index contributed by atoms with van der Waals surface area (Å²) < 4.78 is 51.9. The summed E-state index contributed by atoms with van der Waals surface area (Å²) in [5.74, 6) is -2.89. The van der Waals surface area contributed by atoms with E-state index in [0.29, 0.717) is 6.07 Å². The third kappa shape index (κ3) is 3.27. The molecule has 2 unspecified atom stereocenters. The van der Waals surface area contributed by atoms with Gasteiger partial charge >= 0.3 is 6.18 Å². The Morgan fingerprint density at radius 3 is 2.59 bits per heavy atom. The maximum Gasteiger partial charge on any atom is 0.417 e. The van der Waals surface area contributed by atoms with Crippen molar-refractivity contribution in [2.24, 2.45) is 5.92 Å². The number of Topliss-reactive ketones (excluding diaryl/α,β-unsaturated/α-hetero) is 1. The highest BCUT2D eigenvalue weighted by Crippen LogP contribution is 2.34. The molecule has 2 rings (SSSR count). The predicted octanol–water partition coefficient (Wildman–Crippen LogP) is 1.75. The molecule has 1 saturated heterocycles. The Hall–Kier alpha value is -1.96. The average Bonchev–Trinajstić information content (AvgIpc) is 2.94. The molecule has 120 valence electrons. The van der Waals surface area contributed by atoms with Crippen LogP contribution in [-0.2, 0) is 11.0 Å². The van der Waals surface area contributed by atoms with Crippen molar-refractivity contribution in [2.45, 2.75) is 18.6 Å². The number of likely N-dealkylation sites (N-methyl/N-ethyl adjacent to an activating group) is 1. The first-order valence-electron chi connectivity index (χ1n) is 6.60. The molecule has 8 heteroatoms. The van der Waals surface area contributed by atoms with Gasteiger partial charge in [-0.3, -0.25) is 9.59 Å². The summed E-state index contributed by atoms with van der Waals surface area (Å²) in [6.45, 7) is 0.103. The van der Waals surface area contributed by atoms with Crippen LogP contribution in [0.5, 0.6) is 0 Å². The second kappa shape index (κ2) is 6.04. The van der Waals surface area contributed by atoms with E-state index in [9.17, 15) is 27.2 Å². The Morgan fingerprint density at radius 1 is 1.32 bits per heavy atom. The minimum Gasteiger partial charge on any atom is -0.358 e. The molecule has 0 aromatic heterocycles. The number of hydrogen-bond acceptors (Lipinski definition) is 3. The van der Waals surface area contributed by atoms with Crippen molar-refractivity contribution in [1.82, 2.24) is 10.6 Å². The molecule has 0 radical (unpaired) electrons. The Bertz CT molecular complexity index is 601. The summed E-state index contributed by atoms with van der Waals surface area (Å²) >= 11 is 0. The summed E-state index contributed by atoms with van der Waals surface area (Å²) in [5.41, 5.74) is -1.86. The topological polar surface area (TPSA) is 58.2 Å². The standard InChI is InChI=1S/C14H14F4N2O2/c1-19-13(22)11-4-7(6-20-11)12(21)9-3-2-8(15)5-10(9)14(16,17)18/h2-3,5,7,11,20H,4,6H2,1H3,(H,19,22). The molecule has 1 aromatic rings. The van der Waals surface area contributed by atoms with Gasteiger partial charge in [0.2, 0.25) is 5.91 Å². The average molecular weight is 318 g/mol. The largest absolute Gasteiger partial charge is 0.417 e. The molecule has 1 aliphatic heterocycles. The third-order valence-corrected chi connectivity index (χ3v) is 3.62. The van der Waals surface area contributed by atoms with Gasteiger partial charge in [-0.1, -0.05) is 0 Å². The molecule has 2 atom stereocenters. The van der Waals surface area contributed by atoms with Gasteiger partial charge in [-0.2, -0.15) is 13.2 Å². The van der Waals surface area contributed by atoms with Crippen LogP contribution >= 0.6 is 0 Å². The molecule has 2 N–H and O–H groups in total. The minimum atomic E-state index is -4.82. The lowest BCUT2D eigenvalue weighted by atomic mass is 9.91. The predicted molar refractivity (Wildman–Crippen MR) is 69.7 cm³/mol. The number of rotatable bonds is 3. The van der Waals surface area contributed by atoms with Gasteiger partial charge in [0.25, 0.3) is 0 Å². The van der Waals surface area contributed by atoms with Gasteiger partial charge in [-0.15, -0.1) is 0 Å². The first-order chi connectivity index (χ1) is 10.2. The van der Waals surface area contributed by atoms with E-state index in [2.05, 4.69) is 10.6 Å². The van der Waals surface area contributed by atoms with E-state index < -0.39 is 40.9 Å². The van der Waals surface area contributed by atoms with Gasteiger partial charge in [0.05, 0.1) is 11.6 Å². The van der Waals surface area contributed by atoms with Crippen LogP contribution < -0.4 is 10.6 Å².